The van der Waals surface area contributed by atoms with E-state index in [4.69, 9.17) is 21.3 Å². The van der Waals surface area contributed by atoms with Crippen LogP contribution in [0.3, 0.4) is 0 Å². The molecule has 33 heavy (non-hydrogen) atoms. The molecule has 2 aromatic rings. The second-order valence-corrected chi connectivity index (χ2v) is 8.11. The molecule has 2 aromatic carbocycles. The number of rotatable bonds is 5. The third kappa shape index (κ3) is 4.70. The van der Waals surface area contributed by atoms with Gasteiger partial charge in [0.1, 0.15) is 17.4 Å². The third-order valence-electron chi connectivity index (χ3n) is 5.67. The molecule has 0 aliphatic carbocycles. The number of aliphatic imine (C=N–C) groups is 1. The molecule has 1 fully saturated rings. The molecule has 0 radical (unpaired) electrons. The quantitative estimate of drug-likeness (QED) is 0.530. The van der Waals surface area contributed by atoms with Gasteiger partial charge in [-0.05, 0) is 73.4 Å². The van der Waals surface area contributed by atoms with Crippen LogP contribution in [0.15, 0.2) is 71.1 Å². The first-order valence-electron chi connectivity index (χ1n) is 10.8. The zero-order chi connectivity index (χ0) is 23.5. The van der Waals surface area contributed by atoms with Crippen molar-refractivity contribution in [3.05, 3.63) is 83.1 Å². The van der Waals surface area contributed by atoms with Crippen molar-refractivity contribution >= 4 is 23.3 Å². The Morgan fingerprint density at radius 2 is 1.97 bits per heavy atom. The van der Waals surface area contributed by atoms with E-state index in [1.165, 1.54) is 17.1 Å². The number of hydrogen-bond donors (Lipinski definition) is 2. The number of methoxy groups -OCH3 is 1. The molecule has 0 aromatic heterocycles. The van der Waals surface area contributed by atoms with Crippen molar-refractivity contribution in [1.82, 2.24) is 10.0 Å². The lowest BCUT2D eigenvalue weighted by molar-refractivity contribution is 0.139. The van der Waals surface area contributed by atoms with Crippen LogP contribution in [0.1, 0.15) is 30.9 Å². The lowest BCUT2D eigenvalue weighted by Gasteiger charge is -2.42. The van der Waals surface area contributed by atoms with Gasteiger partial charge in [0.25, 0.3) is 0 Å². The van der Waals surface area contributed by atoms with Crippen molar-refractivity contribution in [2.24, 2.45) is 16.6 Å². The highest BCUT2D eigenvalue weighted by Gasteiger charge is 2.28. The van der Waals surface area contributed by atoms with E-state index in [1.54, 1.807) is 32.4 Å². The van der Waals surface area contributed by atoms with Gasteiger partial charge < -0.3 is 10.5 Å². The number of nitrogens with two attached hydrogens (primary N) is 2. The number of ether oxygens (including phenoxy) is 1. The van der Waals surface area contributed by atoms with Crippen molar-refractivity contribution < 1.29 is 9.13 Å². The summed E-state index contributed by atoms with van der Waals surface area (Å²) < 4.78 is 18.9. The number of nitrogens with zero attached hydrogens (tertiary/aromatic N) is 4. The largest absolute Gasteiger partial charge is 0.494 e. The van der Waals surface area contributed by atoms with E-state index in [0.717, 1.165) is 53.3 Å². The molecule has 2 heterocycles. The summed E-state index contributed by atoms with van der Waals surface area (Å²) in [6.45, 7) is 2.64. The first kappa shape index (κ1) is 22.4. The highest BCUT2D eigenvalue weighted by Crippen LogP contribution is 2.33. The smallest absolute Gasteiger partial charge is 0.150 e. The molecule has 8 heteroatoms. The standard InChI is InChI=1S/C25H29FN6O/c1-17(27)16-31(28)22-11-6-18(14-24(22)33-3)13-20-5-4-12-32-25(20)29-15-23(30(32)2)19-7-9-21(26)10-8-19/h6-11,13-16H,4-5,12,27-28H2,1-3H3/b17-16-,20-13+. The van der Waals surface area contributed by atoms with E-state index in [0.29, 0.717) is 11.4 Å². The second kappa shape index (κ2) is 9.38. The minimum atomic E-state index is -0.251. The fourth-order valence-electron chi connectivity index (χ4n) is 4.09. The Morgan fingerprint density at radius 1 is 1.21 bits per heavy atom. The van der Waals surface area contributed by atoms with Crippen LogP contribution in [0.2, 0.25) is 0 Å². The Balaban J connectivity index is 1.66. The number of hydrogen-bond acceptors (Lipinski definition) is 7. The van der Waals surface area contributed by atoms with Gasteiger partial charge in [-0.3, -0.25) is 15.0 Å². The molecule has 4 N–H and O–H groups in total. The van der Waals surface area contributed by atoms with E-state index in [2.05, 4.69) is 16.1 Å². The number of anilines is 1. The number of fused-ring (bicyclic) bond motifs is 1. The Hall–Kier alpha value is -3.78. The maximum Gasteiger partial charge on any atom is 0.150 e. The highest BCUT2D eigenvalue weighted by molar-refractivity contribution is 6.04. The molecule has 2 aliphatic rings. The first-order valence-corrected chi connectivity index (χ1v) is 10.8. The summed E-state index contributed by atoms with van der Waals surface area (Å²) in [5, 5.41) is 5.70. The molecule has 0 bridgehead atoms. The average molecular weight is 449 g/mol. The molecule has 2 aliphatic heterocycles. The van der Waals surface area contributed by atoms with Gasteiger partial charge in [-0.2, -0.15) is 0 Å². The van der Waals surface area contributed by atoms with Gasteiger partial charge in [-0.15, -0.1) is 0 Å². The number of hydrazine groups is 2. The highest BCUT2D eigenvalue weighted by atomic mass is 19.1. The fraction of sp³-hybridized carbons (Fsp3) is 0.240. The minimum absolute atomic E-state index is 0.251. The van der Waals surface area contributed by atoms with E-state index >= 15 is 0 Å². The van der Waals surface area contributed by atoms with Crippen molar-refractivity contribution in [3.8, 4) is 5.75 Å². The average Bonchev–Trinajstić information content (AvgIpc) is 2.80. The van der Waals surface area contributed by atoms with Gasteiger partial charge in [0.15, 0.2) is 0 Å². The van der Waals surface area contributed by atoms with Gasteiger partial charge in [0.2, 0.25) is 0 Å². The number of benzene rings is 2. The molecular formula is C25H29FN6O. The molecule has 7 nitrogen and oxygen atoms in total. The van der Waals surface area contributed by atoms with E-state index in [-0.39, 0.29) is 5.82 Å². The SMILES string of the molecule is COc1cc(/C=C2\CCCN3C2=NC=C(c2ccc(F)cc2)N3C)ccc1N(N)/C=C(/C)N. The van der Waals surface area contributed by atoms with Gasteiger partial charge in [0.05, 0.1) is 24.7 Å². The van der Waals surface area contributed by atoms with Crippen LogP contribution in [0.4, 0.5) is 10.1 Å². The van der Waals surface area contributed by atoms with Crippen LogP contribution in [-0.4, -0.2) is 36.6 Å². The predicted octanol–water partition coefficient (Wildman–Crippen LogP) is 4.07. The van der Waals surface area contributed by atoms with Gasteiger partial charge in [-0.25, -0.2) is 15.2 Å². The predicted molar refractivity (Wildman–Crippen MR) is 131 cm³/mol. The summed E-state index contributed by atoms with van der Waals surface area (Å²) in [7, 11) is 3.63. The molecule has 0 saturated carbocycles. The molecular weight excluding hydrogens is 419 g/mol. The van der Waals surface area contributed by atoms with E-state index in [1.807, 2.05) is 31.4 Å². The molecule has 0 spiro atoms. The Kier molecular flexibility index (Phi) is 6.37. The molecule has 4 rings (SSSR count). The zero-order valence-electron chi connectivity index (χ0n) is 19.1. The van der Waals surface area contributed by atoms with Crippen molar-refractivity contribution in [3.63, 3.8) is 0 Å². The lowest BCUT2D eigenvalue weighted by atomic mass is 10.00. The van der Waals surface area contributed by atoms with Crippen molar-refractivity contribution in [2.45, 2.75) is 19.8 Å². The second-order valence-electron chi connectivity index (χ2n) is 8.11. The zero-order valence-corrected chi connectivity index (χ0v) is 19.1. The van der Waals surface area contributed by atoms with Crippen LogP contribution in [0.5, 0.6) is 5.75 Å². The van der Waals surface area contributed by atoms with Crippen LogP contribution in [0.25, 0.3) is 11.8 Å². The van der Waals surface area contributed by atoms with Crippen LogP contribution in [-0.2, 0) is 0 Å². The Labute approximate surface area is 193 Å². The fourth-order valence-corrected chi connectivity index (χ4v) is 4.09. The molecule has 1 saturated heterocycles. The molecule has 172 valence electrons. The minimum Gasteiger partial charge on any atom is -0.494 e. The van der Waals surface area contributed by atoms with E-state index in [9.17, 15) is 4.39 Å². The van der Waals surface area contributed by atoms with Crippen LogP contribution in [0, 0.1) is 5.82 Å². The summed E-state index contributed by atoms with van der Waals surface area (Å²) in [6, 6.07) is 12.3. The summed E-state index contributed by atoms with van der Waals surface area (Å²) in [6.07, 6.45) is 7.54. The van der Waals surface area contributed by atoms with E-state index < -0.39 is 0 Å². The topological polar surface area (TPSA) is 83.3 Å². The molecule has 0 atom stereocenters. The monoisotopic (exact) mass is 448 g/mol. The maximum atomic E-state index is 13.4. The summed E-state index contributed by atoms with van der Waals surface area (Å²) >= 11 is 0. The van der Waals surface area contributed by atoms with Crippen molar-refractivity contribution in [1.29, 1.82) is 0 Å². The Morgan fingerprint density at radius 3 is 2.67 bits per heavy atom. The third-order valence-corrected chi connectivity index (χ3v) is 5.67. The summed E-state index contributed by atoms with van der Waals surface area (Å²) in [4.78, 5) is 4.78. The van der Waals surface area contributed by atoms with Crippen LogP contribution >= 0.6 is 0 Å². The number of halogens is 1. The molecule has 0 amide bonds. The normalized spacial score (nSPS) is 17.5. The van der Waals surface area contributed by atoms with Gasteiger partial charge in [0, 0.05) is 31.1 Å². The van der Waals surface area contributed by atoms with Crippen molar-refractivity contribution in [2.75, 3.05) is 25.7 Å². The Bertz CT molecular complexity index is 1150. The number of allylic oxidation sites excluding steroid dienone is 1. The lowest BCUT2D eigenvalue weighted by Crippen LogP contribution is -2.48. The van der Waals surface area contributed by atoms with Crippen LogP contribution < -0.4 is 21.3 Å². The first-order chi connectivity index (χ1) is 15.9. The van der Waals surface area contributed by atoms with Gasteiger partial charge >= 0.3 is 0 Å². The molecule has 0 unspecified atom stereocenters. The summed E-state index contributed by atoms with van der Waals surface area (Å²) in [5.41, 5.74) is 11.0. The maximum absolute atomic E-state index is 13.4. The van der Waals surface area contributed by atoms with Gasteiger partial charge in [-0.1, -0.05) is 6.07 Å². The number of amidine groups is 1. The summed E-state index contributed by atoms with van der Waals surface area (Å²) in [5.74, 6) is 7.42. The number of piperidine rings is 1.